The van der Waals surface area contributed by atoms with Crippen molar-refractivity contribution in [1.82, 2.24) is 0 Å². The lowest BCUT2D eigenvalue weighted by Gasteiger charge is -2.20. The Bertz CT molecular complexity index is 522. The molecule has 2 saturated carbocycles. The maximum Gasteiger partial charge on any atom is 0.213 e. The molecule has 3 nitrogen and oxygen atoms in total. The third kappa shape index (κ3) is 8.96. The van der Waals surface area contributed by atoms with Gasteiger partial charge in [0.2, 0.25) is 6.04 Å². The summed E-state index contributed by atoms with van der Waals surface area (Å²) in [6.07, 6.45) is 19.7. The Hall–Kier alpha value is -1.30. The number of nitro groups is 1. The summed E-state index contributed by atoms with van der Waals surface area (Å²) >= 11 is 0. The van der Waals surface area contributed by atoms with Gasteiger partial charge in [0.25, 0.3) is 0 Å². The topological polar surface area (TPSA) is 43.1 Å². The van der Waals surface area contributed by atoms with Crippen LogP contribution in [0.3, 0.4) is 0 Å². The number of hydrogen-bond acceptors (Lipinski definition) is 2. The molecular weight excluding hydrogens is 334 g/mol. The summed E-state index contributed by atoms with van der Waals surface area (Å²) in [5, 5.41) is 10.8. The fraction of sp³-hybridized carbons (Fsp3) is 0.833. The van der Waals surface area contributed by atoms with Crippen molar-refractivity contribution in [1.29, 1.82) is 0 Å². The Morgan fingerprint density at radius 1 is 0.815 bits per heavy atom. The van der Waals surface area contributed by atoms with Crippen LogP contribution in [0.5, 0.6) is 0 Å². The highest BCUT2D eigenvalue weighted by Crippen LogP contribution is 2.27. The summed E-state index contributed by atoms with van der Waals surface area (Å²) in [7, 11) is 0. The Morgan fingerprint density at radius 3 is 2.07 bits per heavy atom. The second-order valence-electron chi connectivity index (χ2n) is 9.20. The van der Waals surface area contributed by atoms with E-state index in [4.69, 9.17) is 0 Å². The molecule has 0 spiro atoms. The van der Waals surface area contributed by atoms with E-state index in [0.717, 1.165) is 24.7 Å². The highest BCUT2D eigenvalue weighted by molar-refractivity contribution is 5.18. The average Bonchev–Trinajstić information content (AvgIpc) is 2.65. The second kappa shape index (κ2) is 12.2. The number of nitrogens with zero attached hydrogens (tertiary/aromatic N) is 1. The average molecular weight is 374 g/mol. The van der Waals surface area contributed by atoms with E-state index in [2.05, 4.69) is 37.8 Å². The molecule has 0 radical (unpaired) electrons. The quantitative estimate of drug-likeness (QED) is 0.304. The van der Waals surface area contributed by atoms with Crippen molar-refractivity contribution in [2.75, 3.05) is 0 Å². The highest BCUT2D eigenvalue weighted by atomic mass is 16.6. The molecule has 3 atom stereocenters. The summed E-state index contributed by atoms with van der Waals surface area (Å²) in [6, 6.07) is -0.333. The molecule has 3 unspecified atom stereocenters. The maximum absolute atomic E-state index is 10.8. The first-order chi connectivity index (χ1) is 13.0. The molecule has 0 aromatic rings. The second-order valence-corrected chi connectivity index (χ2v) is 9.20. The van der Waals surface area contributed by atoms with Gasteiger partial charge in [-0.05, 0) is 49.5 Å². The van der Waals surface area contributed by atoms with Crippen LogP contribution in [0.15, 0.2) is 12.2 Å². The number of hydrogen-bond donors (Lipinski definition) is 0. The van der Waals surface area contributed by atoms with Gasteiger partial charge >= 0.3 is 0 Å². The van der Waals surface area contributed by atoms with Crippen molar-refractivity contribution < 1.29 is 4.92 Å². The summed E-state index contributed by atoms with van der Waals surface area (Å²) in [6.45, 7) is 4.84. The molecule has 0 bridgehead atoms. The van der Waals surface area contributed by atoms with Crippen LogP contribution in [0.1, 0.15) is 97.3 Å². The molecule has 2 rings (SSSR count). The van der Waals surface area contributed by atoms with Crippen molar-refractivity contribution in [3.05, 3.63) is 22.3 Å². The first kappa shape index (κ1) is 22.0. The zero-order valence-corrected chi connectivity index (χ0v) is 17.5. The van der Waals surface area contributed by atoms with Gasteiger partial charge in [-0.25, -0.2) is 0 Å². The maximum atomic E-state index is 10.8. The van der Waals surface area contributed by atoms with Crippen molar-refractivity contribution in [3.8, 4) is 11.8 Å². The molecule has 0 amide bonds. The van der Waals surface area contributed by atoms with E-state index >= 15 is 0 Å². The molecule has 152 valence electrons. The van der Waals surface area contributed by atoms with Gasteiger partial charge in [0.05, 0.1) is 0 Å². The van der Waals surface area contributed by atoms with Gasteiger partial charge < -0.3 is 0 Å². The normalized spacial score (nSPS) is 34.1. The van der Waals surface area contributed by atoms with Crippen LogP contribution in [-0.2, 0) is 0 Å². The fourth-order valence-corrected chi connectivity index (χ4v) is 4.60. The van der Waals surface area contributed by atoms with Crippen LogP contribution in [0.2, 0.25) is 0 Å². The minimum absolute atomic E-state index is 0.116. The Kier molecular flexibility index (Phi) is 9.95. The molecule has 0 N–H and O–H groups in total. The van der Waals surface area contributed by atoms with Crippen LogP contribution >= 0.6 is 0 Å². The molecule has 2 aliphatic rings. The van der Waals surface area contributed by atoms with Crippen molar-refractivity contribution in [3.63, 3.8) is 0 Å². The molecule has 2 aliphatic carbocycles. The Morgan fingerprint density at radius 2 is 1.41 bits per heavy atom. The monoisotopic (exact) mass is 373 g/mol. The molecular formula is C24H39NO2. The van der Waals surface area contributed by atoms with Gasteiger partial charge in [0, 0.05) is 23.7 Å². The first-order valence-corrected chi connectivity index (χ1v) is 11.4. The minimum Gasteiger partial charge on any atom is -0.264 e. The Balaban J connectivity index is 1.78. The third-order valence-electron chi connectivity index (χ3n) is 6.68. The lowest BCUT2D eigenvalue weighted by atomic mass is 9.86. The van der Waals surface area contributed by atoms with Gasteiger partial charge in [-0.15, -0.1) is 0 Å². The van der Waals surface area contributed by atoms with E-state index in [0.29, 0.717) is 24.7 Å². The van der Waals surface area contributed by atoms with Crippen molar-refractivity contribution >= 4 is 0 Å². The molecule has 27 heavy (non-hydrogen) atoms. The van der Waals surface area contributed by atoms with Crippen molar-refractivity contribution in [2.45, 2.75) is 103 Å². The van der Waals surface area contributed by atoms with Gasteiger partial charge in [-0.2, -0.15) is 0 Å². The fourth-order valence-electron chi connectivity index (χ4n) is 4.60. The predicted octanol–water partition coefficient (Wildman–Crippen LogP) is 6.79. The predicted molar refractivity (Wildman–Crippen MR) is 113 cm³/mol. The van der Waals surface area contributed by atoms with Crippen LogP contribution in [0.25, 0.3) is 0 Å². The Labute approximate surface area is 166 Å². The smallest absolute Gasteiger partial charge is 0.213 e. The highest BCUT2D eigenvalue weighted by Gasteiger charge is 2.27. The van der Waals surface area contributed by atoms with Gasteiger partial charge in [-0.1, -0.05) is 76.7 Å². The van der Waals surface area contributed by atoms with Crippen LogP contribution in [-0.4, -0.2) is 11.0 Å². The van der Waals surface area contributed by atoms with E-state index in [9.17, 15) is 10.1 Å². The van der Waals surface area contributed by atoms with E-state index in [1.807, 2.05) is 0 Å². The van der Waals surface area contributed by atoms with E-state index in [-0.39, 0.29) is 11.0 Å². The largest absolute Gasteiger partial charge is 0.264 e. The molecule has 0 aliphatic heterocycles. The van der Waals surface area contributed by atoms with Gasteiger partial charge in [-0.3, -0.25) is 10.1 Å². The number of rotatable bonds is 2. The SMILES string of the molecule is CC1CCCCC(/C=C/C#CC2CCC([N+](=O)[O-])CC2)CCCC(C)CC1. The zero-order chi connectivity index (χ0) is 19.5. The zero-order valence-electron chi connectivity index (χ0n) is 17.5. The van der Waals surface area contributed by atoms with E-state index in [1.54, 1.807) is 0 Å². The van der Waals surface area contributed by atoms with Gasteiger partial charge in [0.15, 0.2) is 0 Å². The van der Waals surface area contributed by atoms with Gasteiger partial charge in [0.1, 0.15) is 0 Å². The number of allylic oxidation sites excluding steroid dienone is 2. The van der Waals surface area contributed by atoms with Crippen molar-refractivity contribution in [2.24, 2.45) is 23.7 Å². The summed E-state index contributed by atoms with van der Waals surface area (Å²) in [5.41, 5.74) is 0. The van der Waals surface area contributed by atoms with Crippen LogP contribution in [0.4, 0.5) is 0 Å². The lowest BCUT2D eigenvalue weighted by molar-refractivity contribution is -0.526. The van der Waals surface area contributed by atoms with Crippen LogP contribution < -0.4 is 0 Å². The third-order valence-corrected chi connectivity index (χ3v) is 6.68. The molecule has 0 aromatic carbocycles. The lowest BCUT2D eigenvalue weighted by Crippen LogP contribution is -2.25. The molecule has 3 heteroatoms. The van der Waals surface area contributed by atoms with E-state index < -0.39 is 0 Å². The minimum atomic E-state index is -0.333. The standard InChI is InChI=1S/C24H39NO2/c1-20-8-3-4-10-22(13-7-9-21(2)15-14-20)11-5-6-12-23-16-18-24(19-17-23)25(26)27/h5,11,20-24H,3-4,7-10,13-19H2,1-2H3/b11-5+. The van der Waals surface area contributed by atoms with Crippen LogP contribution in [0, 0.1) is 45.6 Å². The molecule has 0 saturated heterocycles. The summed E-state index contributed by atoms with van der Waals surface area (Å²) in [5.74, 6) is 9.37. The summed E-state index contributed by atoms with van der Waals surface area (Å²) < 4.78 is 0. The molecule has 2 fully saturated rings. The van der Waals surface area contributed by atoms with E-state index in [1.165, 1.54) is 57.8 Å². The molecule has 0 aromatic heterocycles. The summed E-state index contributed by atoms with van der Waals surface area (Å²) in [4.78, 5) is 10.7. The molecule has 0 heterocycles. The first-order valence-electron chi connectivity index (χ1n) is 11.4.